The number of hydrogen-bond acceptors (Lipinski definition) is 7. The Balaban J connectivity index is 1.82. The van der Waals surface area contributed by atoms with Gasteiger partial charge in [-0.3, -0.25) is 29.3 Å². The van der Waals surface area contributed by atoms with Gasteiger partial charge in [-0.15, -0.1) is 11.8 Å². The van der Waals surface area contributed by atoms with Gasteiger partial charge in [-0.1, -0.05) is 0 Å². The second kappa shape index (κ2) is 5.88. The molecule has 25 heavy (non-hydrogen) atoms. The van der Waals surface area contributed by atoms with Crippen LogP contribution >= 0.6 is 11.8 Å². The Bertz CT molecular complexity index is 846. The van der Waals surface area contributed by atoms with Crippen LogP contribution < -0.4 is 5.32 Å². The molecule has 0 unspecified atom stereocenters. The first-order chi connectivity index (χ1) is 11.7. The Morgan fingerprint density at radius 3 is 2.80 bits per heavy atom. The van der Waals surface area contributed by atoms with E-state index in [1.807, 2.05) is 0 Å². The van der Waals surface area contributed by atoms with Crippen LogP contribution in [0.25, 0.3) is 0 Å². The first kappa shape index (κ1) is 17.0. The van der Waals surface area contributed by atoms with Gasteiger partial charge < -0.3 is 10.4 Å². The summed E-state index contributed by atoms with van der Waals surface area (Å²) in [5, 5.41) is 25.8. The Morgan fingerprint density at radius 2 is 2.20 bits per heavy atom. The number of thioether (sulfide) groups is 1. The number of carbonyl (C=O) groups is 3. The molecule has 0 aromatic carbocycles. The predicted molar refractivity (Wildman–Crippen MR) is 84.5 cm³/mol. The van der Waals surface area contributed by atoms with E-state index in [0.29, 0.717) is 11.3 Å². The van der Waals surface area contributed by atoms with Crippen LogP contribution in [0.4, 0.5) is 5.69 Å². The van der Waals surface area contributed by atoms with E-state index in [2.05, 4.69) is 10.4 Å². The van der Waals surface area contributed by atoms with Crippen molar-refractivity contribution in [3.05, 3.63) is 33.3 Å². The summed E-state index contributed by atoms with van der Waals surface area (Å²) in [6.07, 6.45) is 0.952. The summed E-state index contributed by atoms with van der Waals surface area (Å²) in [5.41, 5.74) is -0.260. The SMILES string of the molecule is CC1=C(C(=O)O)N2C(=O)[C@@H](NC(=O)c3c([N+](=O)[O-])cnn3C)[C@@H]2SC1. The predicted octanol–water partition coefficient (Wildman–Crippen LogP) is -0.300. The number of aryl methyl sites for hydroxylation is 1. The lowest BCUT2D eigenvalue weighted by Gasteiger charge is -2.49. The largest absolute Gasteiger partial charge is 0.477 e. The average molecular weight is 367 g/mol. The average Bonchev–Trinajstić information content (AvgIpc) is 2.93. The highest BCUT2D eigenvalue weighted by Gasteiger charge is 2.54. The number of nitrogens with zero attached hydrogens (tertiary/aromatic N) is 4. The van der Waals surface area contributed by atoms with E-state index in [-0.39, 0.29) is 11.4 Å². The zero-order valence-corrected chi connectivity index (χ0v) is 13.9. The van der Waals surface area contributed by atoms with Crippen molar-refractivity contribution in [2.75, 3.05) is 5.75 Å². The molecule has 0 bridgehead atoms. The molecule has 0 saturated carbocycles. The maximum Gasteiger partial charge on any atom is 0.352 e. The van der Waals surface area contributed by atoms with E-state index in [1.165, 1.54) is 18.8 Å². The van der Waals surface area contributed by atoms with Crippen molar-refractivity contribution in [3.63, 3.8) is 0 Å². The van der Waals surface area contributed by atoms with Crippen molar-refractivity contribution in [2.24, 2.45) is 7.05 Å². The number of fused-ring (bicyclic) bond motifs is 1. The molecule has 12 heteroatoms. The molecule has 2 aliphatic heterocycles. The Labute approximate surface area is 144 Å². The smallest absolute Gasteiger partial charge is 0.352 e. The molecule has 2 amide bonds. The van der Waals surface area contributed by atoms with Crippen LogP contribution in [0.15, 0.2) is 17.5 Å². The Morgan fingerprint density at radius 1 is 1.52 bits per heavy atom. The van der Waals surface area contributed by atoms with Gasteiger partial charge in [-0.05, 0) is 12.5 Å². The van der Waals surface area contributed by atoms with Crippen LogP contribution in [0.2, 0.25) is 0 Å². The van der Waals surface area contributed by atoms with E-state index < -0.39 is 39.8 Å². The molecule has 2 atom stereocenters. The van der Waals surface area contributed by atoms with Crippen LogP contribution in [0.5, 0.6) is 0 Å². The molecule has 1 fully saturated rings. The van der Waals surface area contributed by atoms with Crippen molar-refractivity contribution >= 4 is 35.2 Å². The highest BCUT2D eigenvalue weighted by molar-refractivity contribution is 8.00. The number of aromatic nitrogens is 2. The van der Waals surface area contributed by atoms with Gasteiger partial charge in [0.1, 0.15) is 23.3 Å². The molecular formula is C13H13N5O6S. The van der Waals surface area contributed by atoms with Crippen molar-refractivity contribution < 1.29 is 24.4 Å². The Kier molecular flexibility index (Phi) is 3.99. The van der Waals surface area contributed by atoms with Gasteiger partial charge in [0.15, 0.2) is 0 Å². The van der Waals surface area contributed by atoms with Gasteiger partial charge in [0.25, 0.3) is 11.8 Å². The third kappa shape index (κ3) is 2.54. The van der Waals surface area contributed by atoms with Crippen molar-refractivity contribution in [1.29, 1.82) is 0 Å². The van der Waals surface area contributed by atoms with E-state index in [4.69, 9.17) is 0 Å². The van der Waals surface area contributed by atoms with Gasteiger partial charge in [-0.25, -0.2) is 4.79 Å². The van der Waals surface area contributed by atoms with E-state index in [1.54, 1.807) is 6.92 Å². The maximum atomic E-state index is 12.4. The quantitative estimate of drug-likeness (QED) is 0.419. The number of nitro groups is 1. The van der Waals surface area contributed by atoms with Gasteiger partial charge in [-0.2, -0.15) is 5.10 Å². The normalized spacial score (nSPS) is 22.3. The standard InChI is InChI=1S/C13H13N5O6S/c1-5-4-25-12-7(11(20)17(12)8(5)13(21)22)15-10(19)9-6(18(23)24)3-14-16(9)2/h3,7,12H,4H2,1-2H3,(H,15,19)(H,21,22)/t7-,12+/m1/s1. The number of β-lactam (4-membered cyclic amide) rings is 1. The molecule has 0 radical (unpaired) electrons. The number of nitrogens with one attached hydrogen (secondary N) is 1. The molecular weight excluding hydrogens is 354 g/mol. The number of carboxylic acid groups (broad SMARTS) is 1. The van der Waals surface area contributed by atoms with Gasteiger partial charge in [0.2, 0.25) is 5.69 Å². The molecule has 1 aromatic rings. The van der Waals surface area contributed by atoms with Gasteiger partial charge in [0.05, 0.1) is 4.92 Å². The lowest BCUT2D eigenvalue weighted by Crippen LogP contribution is -2.70. The van der Waals surface area contributed by atoms with Gasteiger partial charge in [0, 0.05) is 12.8 Å². The summed E-state index contributed by atoms with van der Waals surface area (Å²) in [7, 11) is 1.38. The van der Waals surface area contributed by atoms with E-state index in [9.17, 15) is 29.6 Å². The van der Waals surface area contributed by atoms with Crippen molar-refractivity contribution in [2.45, 2.75) is 18.3 Å². The van der Waals surface area contributed by atoms with Crippen LogP contribution in [0, 0.1) is 10.1 Å². The molecule has 11 nitrogen and oxygen atoms in total. The minimum Gasteiger partial charge on any atom is -0.477 e. The van der Waals surface area contributed by atoms with Crippen molar-refractivity contribution in [1.82, 2.24) is 20.0 Å². The minimum atomic E-state index is -1.21. The second-order valence-electron chi connectivity index (χ2n) is 5.55. The summed E-state index contributed by atoms with van der Waals surface area (Å²) in [6, 6.07) is -0.950. The zero-order valence-electron chi connectivity index (χ0n) is 13.1. The fourth-order valence-corrected chi connectivity index (χ4v) is 4.10. The molecule has 2 aliphatic rings. The Hall–Kier alpha value is -2.89. The lowest BCUT2D eigenvalue weighted by molar-refractivity contribution is -0.385. The van der Waals surface area contributed by atoms with Crippen LogP contribution in [0.1, 0.15) is 17.4 Å². The third-order valence-electron chi connectivity index (χ3n) is 3.98. The third-order valence-corrected chi connectivity index (χ3v) is 5.40. The highest BCUT2D eigenvalue weighted by atomic mass is 32.2. The summed E-state index contributed by atoms with van der Waals surface area (Å²) >= 11 is 1.32. The molecule has 132 valence electrons. The summed E-state index contributed by atoms with van der Waals surface area (Å²) in [6.45, 7) is 1.63. The molecule has 1 saturated heterocycles. The number of carbonyl (C=O) groups excluding carboxylic acids is 2. The number of aliphatic carboxylic acids is 1. The van der Waals surface area contributed by atoms with E-state index >= 15 is 0 Å². The topological polar surface area (TPSA) is 148 Å². The lowest BCUT2D eigenvalue weighted by atomic mass is 10.0. The maximum absolute atomic E-state index is 12.4. The van der Waals surface area contributed by atoms with E-state index in [0.717, 1.165) is 15.8 Å². The summed E-state index contributed by atoms with van der Waals surface area (Å²) in [4.78, 5) is 47.4. The highest BCUT2D eigenvalue weighted by Crippen LogP contribution is 2.40. The number of amides is 2. The minimum absolute atomic E-state index is 0.0780. The van der Waals surface area contributed by atoms with Crippen LogP contribution in [-0.4, -0.2) is 59.7 Å². The fraction of sp³-hybridized carbons (Fsp3) is 0.385. The molecule has 3 heterocycles. The summed E-state index contributed by atoms with van der Waals surface area (Å²) < 4.78 is 1.05. The van der Waals surface area contributed by atoms with Gasteiger partial charge >= 0.3 is 11.7 Å². The zero-order chi connectivity index (χ0) is 18.5. The first-order valence-corrected chi connectivity index (χ1v) is 8.14. The molecule has 1 aromatic heterocycles. The summed E-state index contributed by atoms with van der Waals surface area (Å²) in [5.74, 6) is -2.17. The molecule has 2 N–H and O–H groups in total. The molecule has 3 rings (SSSR count). The molecule has 0 aliphatic carbocycles. The number of carboxylic acids is 1. The van der Waals surface area contributed by atoms with Crippen LogP contribution in [0.3, 0.4) is 0 Å². The molecule has 0 spiro atoms. The number of hydrogen-bond donors (Lipinski definition) is 2. The number of rotatable bonds is 4. The van der Waals surface area contributed by atoms with Crippen LogP contribution in [-0.2, 0) is 16.6 Å². The van der Waals surface area contributed by atoms with Crippen molar-refractivity contribution in [3.8, 4) is 0 Å². The first-order valence-electron chi connectivity index (χ1n) is 7.09. The fourth-order valence-electron chi connectivity index (χ4n) is 2.81. The monoisotopic (exact) mass is 367 g/mol. The second-order valence-corrected chi connectivity index (χ2v) is 6.66.